The molecule has 0 saturated heterocycles. The fourth-order valence-electron chi connectivity index (χ4n) is 2.20. The first-order chi connectivity index (χ1) is 12.6. The van der Waals surface area contributed by atoms with Crippen LogP contribution < -0.4 is 10.6 Å². The third-order valence-corrected chi connectivity index (χ3v) is 3.57. The topological polar surface area (TPSA) is 84.0 Å². The van der Waals surface area contributed by atoms with Crippen LogP contribution in [0, 0.1) is 5.82 Å². The van der Waals surface area contributed by atoms with Gasteiger partial charge in [0.25, 0.3) is 11.8 Å². The first-order valence-electron chi connectivity index (χ1n) is 7.82. The van der Waals surface area contributed by atoms with E-state index in [1.165, 1.54) is 30.7 Å². The van der Waals surface area contributed by atoms with Crippen molar-refractivity contribution >= 4 is 17.5 Å². The van der Waals surface area contributed by atoms with Crippen molar-refractivity contribution in [3.05, 3.63) is 89.8 Å². The Morgan fingerprint density at radius 1 is 0.923 bits per heavy atom. The minimum Gasteiger partial charge on any atom is -0.348 e. The molecule has 2 amide bonds. The quantitative estimate of drug-likeness (QED) is 0.741. The molecule has 0 fully saturated rings. The molecular weight excluding hydrogens is 335 g/mol. The summed E-state index contributed by atoms with van der Waals surface area (Å²) in [6, 6.07) is 12.4. The normalized spacial score (nSPS) is 10.2. The number of carbonyl (C=O) groups is 2. The predicted molar refractivity (Wildman–Crippen MR) is 94.0 cm³/mol. The SMILES string of the molecule is O=C(NCc1ccc(F)cc1)c1ccc(NC(=O)c2cnccn2)cc1. The standard InChI is InChI=1S/C19H15FN4O2/c20-15-5-1-13(2-6-15)11-23-18(25)14-3-7-16(8-4-14)24-19(26)17-12-21-9-10-22-17/h1-10,12H,11H2,(H,23,25)(H,24,26). The molecule has 0 radical (unpaired) electrons. The van der Waals surface area contributed by atoms with Gasteiger partial charge in [-0.25, -0.2) is 9.37 Å². The molecular formula is C19H15FN4O2. The van der Waals surface area contributed by atoms with Crippen molar-refractivity contribution in [3.8, 4) is 0 Å². The Hall–Kier alpha value is -3.61. The van der Waals surface area contributed by atoms with Crippen LogP contribution in [0.15, 0.2) is 67.1 Å². The molecule has 0 aliphatic carbocycles. The van der Waals surface area contributed by atoms with E-state index < -0.39 is 0 Å². The molecule has 2 aromatic carbocycles. The third kappa shape index (κ3) is 4.47. The van der Waals surface area contributed by atoms with Gasteiger partial charge in [0.05, 0.1) is 6.20 Å². The Balaban J connectivity index is 1.57. The van der Waals surface area contributed by atoms with Crippen molar-refractivity contribution in [2.45, 2.75) is 6.54 Å². The van der Waals surface area contributed by atoms with Crippen LogP contribution >= 0.6 is 0 Å². The largest absolute Gasteiger partial charge is 0.348 e. The van der Waals surface area contributed by atoms with Gasteiger partial charge in [0, 0.05) is 30.2 Å². The van der Waals surface area contributed by atoms with Gasteiger partial charge in [0.1, 0.15) is 11.5 Å². The second-order valence-corrected chi connectivity index (χ2v) is 5.43. The fourth-order valence-corrected chi connectivity index (χ4v) is 2.20. The molecule has 0 unspecified atom stereocenters. The highest BCUT2D eigenvalue weighted by molar-refractivity contribution is 6.03. The van der Waals surface area contributed by atoms with E-state index in [0.29, 0.717) is 17.8 Å². The van der Waals surface area contributed by atoms with E-state index in [1.807, 2.05) is 0 Å². The Labute approximate surface area is 149 Å². The van der Waals surface area contributed by atoms with E-state index in [4.69, 9.17) is 0 Å². The van der Waals surface area contributed by atoms with Crippen LogP contribution in [-0.2, 0) is 6.54 Å². The molecule has 130 valence electrons. The number of hydrogen-bond donors (Lipinski definition) is 2. The average Bonchev–Trinajstić information content (AvgIpc) is 2.68. The lowest BCUT2D eigenvalue weighted by atomic mass is 10.1. The molecule has 0 bridgehead atoms. The van der Waals surface area contributed by atoms with Crippen molar-refractivity contribution in [3.63, 3.8) is 0 Å². The Kier molecular flexibility index (Phi) is 5.28. The van der Waals surface area contributed by atoms with Crippen LogP contribution in [0.3, 0.4) is 0 Å². The van der Waals surface area contributed by atoms with Crippen LogP contribution in [0.5, 0.6) is 0 Å². The molecule has 1 heterocycles. The lowest BCUT2D eigenvalue weighted by Crippen LogP contribution is -2.22. The highest BCUT2D eigenvalue weighted by atomic mass is 19.1. The van der Waals surface area contributed by atoms with Gasteiger partial charge in [0.15, 0.2) is 0 Å². The van der Waals surface area contributed by atoms with Crippen molar-refractivity contribution < 1.29 is 14.0 Å². The number of aromatic nitrogens is 2. The monoisotopic (exact) mass is 350 g/mol. The number of nitrogens with one attached hydrogen (secondary N) is 2. The molecule has 6 nitrogen and oxygen atoms in total. The number of nitrogens with zero attached hydrogens (tertiary/aromatic N) is 2. The summed E-state index contributed by atoms with van der Waals surface area (Å²) in [5.74, 6) is -0.966. The molecule has 0 atom stereocenters. The summed E-state index contributed by atoms with van der Waals surface area (Å²) in [6.45, 7) is 0.296. The zero-order valence-corrected chi connectivity index (χ0v) is 13.6. The molecule has 0 saturated carbocycles. The zero-order valence-electron chi connectivity index (χ0n) is 13.6. The molecule has 3 rings (SSSR count). The summed E-state index contributed by atoms with van der Waals surface area (Å²) < 4.78 is 12.9. The minimum atomic E-state index is -0.383. The number of amides is 2. The van der Waals surface area contributed by atoms with Gasteiger partial charge < -0.3 is 10.6 Å². The molecule has 26 heavy (non-hydrogen) atoms. The van der Waals surface area contributed by atoms with Crippen LogP contribution in [0.2, 0.25) is 0 Å². The molecule has 7 heteroatoms. The van der Waals surface area contributed by atoms with E-state index in [1.54, 1.807) is 36.4 Å². The maximum Gasteiger partial charge on any atom is 0.275 e. The minimum absolute atomic E-state index is 0.202. The first-order valence-corrected chi connectivity index (χ1v) is 7.82. The maximum absolute atomic E-state index is 12.9. The number of carbonyl (C=O) groups excluding carboxylic acids is 2. The fraction of sp³-hybridized carbons (Fsp3) is 0.0526. The predicted octanol–water partition coefficient (Wildman–Crippen LogP) is 2.80. The van der Waals surface area contributed by atoms with Gasteiger partial charge >= 0.3 is 0 Å². The number of anilines is 1. The van der Waals surface area contributed by atoms with Crippen LogP contribution in [0.25, 0.3) is 0 Å². The summed E-state index contributed by atoms with van der Waals surface area (Å²) >= 11 is 0. The van der Waals surface area contributed by atoms with Crippen molar-refractivity contribution in [1.29, 1.82) is 0 Å². The molecule has 2 N–H and O–H groups in total. The number of halogens is 1. The van der Waals surface area contributed by atoms with E-state index >= 15 is 0 Å². The molecule has 3 aromatic rings. The van der Waals surface area contributed by atoms with Crippen molar-refractivity contribution in [2.24, 2.45) is 0 Å². The Bertz CT molecular complexity index is 897. The zero-order chi connectivity index (χ0) is 18.4. The summed E-state index contributed by atoms with van der Waals surface area (Å²) in [4.78, 5) is 31.9. The third-order valence-electron chi connectivity index (χ3n) is 3.57. The van der Waals surface area contributed by atoms with Crippen molar-refractivity contribution in [1.82, 2.24) is 15.3 Å². The molecule has 0 aliphatic rings. The van der Waals surface area contributed by atoms with Gasteiger partial charge in [-0.05, 0) is 42.0 Å². The van der Waals surface area contributed by atoms with Gasteiger partial charge in [0.2, 0.25) is 0 Å². The molecule has 1 aromatic heterocycles. The Morgan fingerprint density at radius 3 is 2.31 bits per heavy atom. The van der Waals surface area contributed by atoms with E-state index in [2.05, 4.69) is 20.6 Å². The summed E-state index contributed by atoms with van der Waals surface area (Å²) in [5, 5.41) is 5.43. The number of hydrogen-bond acceptors (Lipinski definition) is 4. The smallest absolute Gasteiger partial charge is 0.275 e. The lowest BCUT2D eigenvalue weighted by Gasteiger charge is -2.07. The average molecular weight is 350 g/mol. The summed E-state index contributed by atoms with van der Waals surface area (Å²) in [7, 11) is 0. The highest BCUT2D eigenvalue weighted by Gasteiger charge is 2.09. The second-order valence-electron chi connectivity index (χ2n) is 5.43. The van der Waals surface area contributed by atoms with Gasteiger partial charge in [-0.1, -0.05) is 12.1 Å². The van der Waals surface area contributed by atoms with E-state index in [9.17, 15) is 14.0 Å². The van der Waals surface area contributed by atoms with Crippen LogP contribution in [-0.4, -0.2) is 21.8 Å². The number of rotatable bonds is 5. The maximum atomic E-state index is 12.9. The van der Waals surface area contributed by atoms with E-state index in [-0.39, 0.29) is 23.3 Å². The van der Waals surface area contributed by atoms with Crippen LogP contribution in [0.4, 0.5) is 10.1 Å². The van der Waals surface area contributed by atoms with Gasteiger partial charge in [-0.2, -0.15) is 0 Å². The Morgan fingerprint density at radius 2 is 1.65 bits per heavy atom. The first kappa shape index (κ1) is 17.2. The number of benzene rings is 2. The highest BCUT2D eigenvalue weighted by Crippen LogP contribution is 2.11. The second kappa shape index (κ2) is 7.98. The van der Waals surface area contributed by atoms with Crippen molar-refractivity contribution in [2.75, 3.05) is 5.32 Å². The molecule has 0 aliphatic heterocycles. The van der Waals surface area contributed by atoms with Gasteiger partial charge in [-0.15, -0.1) is 0 Å². The molecule has 0 spiro atoms. The summed E-state index contributed by atoms with van der Waals surface area (Å²) in [6.07, 6.45) is 4.28. The van der Waals surface area contributed by atoms with Crippen LogP contribution in [0.1, 0.15) is 26.4 Å². The summed E-state index contributed by atoms with van der Waals surface area (Å²) in [5.41, 5.74) is 1.99. The lowest BCUT2D eigenvalue weighted by molar-refractivity contribution is 0.0950. The van der Waals surface area contributed by atoms with E-state index in [0.717, 1.165) is 5.56 Å². The van der Waals surface area contributed by atoms with Gasteiger partial charge in [-0.3, -0.25) is 14.6 Å².